The molecular formula is C15H19NO2. The van der Waals surface area contributed by atoms with Crippen LogP contribution in [0, 0.1) is 5.92 Å². The van der Waals surface area contributed by atoms with E-state index < -0.39 is 0 Å². The number of carbonyl (C=O) groups excluding carboxylic acids is 2. The minimum Gasteiger partial charge on any atom is -0.299 e. The molecule has 1 aromatic rings. The van der Waals surface area contributed by atoms with Gasteiger partial charge >= 0.3 is 0 Å². The predicted molar refractivity (Wildman–Crippen MR) is 70.6 cm³/mol. The van der Waals surface area contributed by atoms with E-state index in [1.165, 1.54) is 0 Å². The molecule has 2 rings (SSSR count). The first-order valence-electron chi connectivity index (χ1n) is 6.45. The van der Waals surface area contributed by atoms with Crippen LogP contribution in [0.4, 0.5) is 0 Å². The summed E-state index contributed by atoms with van der Waals surface area (Å²) in [5.41, 5.74) is 0.745. The highest BCUT2D eigenvalue weighted by Gasteiger charge is 2.29. The molecule has 3 nitrogen and oxygen atoms in total. The van der Waals surface area contributed by atoms with Gasteiger partial charge in [-0.3, -0.25) is 14.5 Å². The zero-order valence-corrected chi connectivity index (χ0v) is 10.9. The molecule has 1 aliphatic heterocycles. The highest BCUT2D eigenvalue weighted by Crippen LogP contribution is 2.17. The minimum atomic E-state index is -0.150. The van der Waals surface area contributed by atoms with Gasteiger partial charge in [0.2, 0.25) is 0 Å². The molecule has 1 saturated heterocycles. The molecule has 2 unspecified atom stereocenters. The van der Waals surface area contributed by atoms with Crippen molar-refractivity contribution in [2.24, 2.45) is 5.92 Å². The Kier molecular flexibility index (Phi) is 3.92. The number of ketones is 2. The molecule has 1 fully saturated rings. The van der Waals surface area contributed by atoms with Crippen molar-refractivity contribution in [1.82, 2.24) is 4.90 Å². The molecule has 18 heavy (non-hydrogen) atoms. The lowest BCUT2D eigenvalue weighted by molar-refractivity contribution is -0.125. The average molecular weight is 245 g/mol. The second-order valence-electron chi connectivity index (χ2n) is 5.02. The Balaban J connectivity index is 2.06. The molecule has 0 aromatic heterocycles. The molecule has 0 saturated carbocycles. The van der Waals surface area contributed by atoms with E-state index in [4.69, 9.17) is 0 Å². The number of likely N-dealkylation sites (tertiary alicyclic amines) is 1. The van der Waals surface area contributed by atoms with Gasteiger partial charge in [0.1, 0.15) is 5.78 Å². The van der Waals surface area contributed by atoms with Crippen LogP contribution in [0.3, 0.4) is 0 Å². The van der Waals surface area contributed by atoms with Crippen molar-refractivity contribution in [3.05, 3.63) is 35.9 Å². The number of Topliss-reactive ketones (excluding diaryl/α,β-unsaturated/α-hetero) is 2. The summed E-state index contributed by atoms with van der Waals surface area (Å²) >= 11 is 0. The summed E-state index contributed by atoms with van der Waals surface area (Å²) in [5, 5.41) is 0. The van der Waals surface area contributed by atoms with E-state index in [1.54, 1.807) is 0 Å². The third-order valence-corrected chi connectivity index (χ3v) is 3.69. The lowest BCUT2D eigenvalue weighted by Gasteiger charge is -2.34. The fraction of sp³-hybridized carbons (Fsp3) is 0.467. The number of rotatable bonds is 3. The Morgan fingerprint density at radius 3 is 2.61 bits per heavy atom. The average Bonchev–Trinajstić information content (AvgIpc) is 2.41. The Bertz CT molecular complexity index is 441. The summed E-state index contributed by atoms with van der Waals surface area (Å²) < 4.78 is 0. The maximum absolute atomic E-state index is 12.3. The first-order valence-corrected chi connectivity index (χ1v) is 6.45. The van der Waals surface area contributed by atoms with Crippen LogP contribution in [-0.4, -0.2) is 35.6 Å². The van der Waals surface area contributed by atoms with Crippen LogP contribution < -0.4 is 0 Å². The number of piperidine rings is 1. The molecule has 3 heteroatoms. The quantitative estimate of drug-likeness (QED) is 0.766. The van der Waals surface area contributed by atoms with E-state index >= 15 is 0 Å². The molecule has 0 N–H and O–H groups in total. The normalized spacial score (nSPS) is 22.8. The van der Waals surface area contributed by atoms with Crippen LogP contribution in [0.1, 0.15) is 30.6 Å². The van der Waals surface area contributed by atoms with Gasteiger partial charge in [-0.2, -0.15) is 0 Å². The van der Waals surface area contributed by atoms with Gasteiger partial charge in [0, 0.05) is 31.0 Å². The third-order valence-electron chi connectivity index (χ3n) is 3.69. The summed E-state index contributed by atoms with van der Waals surface area (Å²) in [6.45, 7) is 5.26. The molecule has 1 heterocycles. The monoisotopic (exact) mass is 245 g/mol. The molecule has 2 atom stereocenters. The Labute approximate surface area is 108 Å². The second kappa shape index (κ2) is 5.44. The molecule has 0 bridgehead atoms. The lowest BCUT2D eigenvalue weighted by Crippen LogP contribution is -2.47. The van der Waals surface area contributed by atoms with Gasteiger partial charge in [-0.05, 0) is 6.92 Å². The first kappa shape index (κ1) is 13.0. The topological polar surface area (TPSA) is 37.4 Å². The summed E-state index contributed by atoms with van der Waals surface area (Å²) in [6.07, 6.45) is 0.563. The van der Waals surface area contributed by atoms with Crippen molar-refractivity contribution in [3.63, 3.8) is 0 Å². The van der Waals surface area contributed by atoms with Crippen LogP contribution in [0.15, 0.2) is 30.3 Å². The van der Waals surface area contributed by atoms with E-state index in [2.05, 4.69) is 4.90 Å². The fourth-order valence-electron chi connectivity index (χ4n) is 2.41. The van der Waals surface area contributed by atoms with E-state index in [9.17, 15) is 9.59 Å². The van der Waals surface area contributed by atoms with Gasteiger partial charge < -0.3 is 0 Å². The highest BCUT2D eigenvalue weighted by molar-refractivity contribution is 6.00. The van der Waals surface area contributed by atoms with Crippen molar-refractivity contribution in [3.8, 4) is 0 Å². The van der Waals surface area contributed by atoms with Crippen LogP contribution in [0.2, 0.25) is 0 Å². The SMILES string of the molecule is CC1CN(C(C)C(=O)c2ccccc2)CCC1=O. The van der Waals surface area contributed by atoms with E-state index in [-0.39, 0.29) is 17.7 Å². The van der Waals surface area contributed by atoms with Crippen molar-refractivity contribution >= 4 is 11.6 Å². The van der Waals surface area contributed by atoms with Crippen molar-refractivity contribution in [1.29, 1.82) is 0 Å². The zero-order chi connectivity index (χ0) is 13.1. The van der Waals surface area contributed by atoms with E-state index in [0.29, 0.717) is 25.3 Å². The van der Waals surface area contributed by atoms with E-state index in [0.717, 1.165) is 5.56 Å². The van der Waals surface area contributed by atoms with Gasteiger partial charge in [0.15, 0.2) is 5.78 Å². The number of benzene rings is 1. The lowest BCUT2D eigenvalue weighted by atomic mass is 9.95. The van der Waals surface area contributed by atoms with Crippen molar-refractivity contribution < 1.29 is 9.59 Å². The van der Waals surface area contributed by atoms with Gasteiger partial charge in [0.25, 0.3) is 0 Å². The maximum Gasteiger partial charge on any atom is 0.179 e. The summed E-state index contributed by atoms with van der Waals surface area (Å²) in [4.78, 5) is 25.9. The zero-order valence-electron chi connectivity index (χ0n) is 10.9. The molecule has 1 aromatic carbocycles. The van der Waals surface area contributed by atoms with Crippen LogP contribution in [-0.2, 0) is 4.79 Å². The molecular weight excluding hydrogens is 226 g/mol. The summed E-state index contributed by atoms with van der Waals surface area (Å²) in [6, 6.07) is 9.20. The van der Waals surface area contributed by atoms with Crippen molar-refractivity contribution in [2.45, 2.75) is 26.3 Å². The highest BCUT2D eigenvalue weighted by atomic mass is 16.1. The maximum atomic E-state index is 12.3. The number of nitrogens with zero attached hydrogens (tertiary/aromatic N) is 1. The van der Waals surface area contributed by atoms with Crippen LogP contribution in [0.25, 0.3) is 0 Å². The molecule has 1 aliphatic rings. The second-order valence-corrected chi connectivity index (χ2v) is 5.02. The molecule has 0 aliphatic carbocycles. The van der Waals surface area contributed by atoms with Gasteiger partial charge in [-0.15, -0.1) is 0 Å². The Hall–Kier alpha value is -1.48. The van der Waals surface area contributed by atoms with Crippen molar-refractivity contribution in [2.75, 3.05) is 13.1 Å². The van der Waals surface area contributed by atoms with Gasteiger partial charge in [0.05, 0.1) is 6.04 Å². The smallest absolute Gasteiger partial charge is 0.179 e. The Morgan fingerprint density at radius 1 is 1.33 bits per heavy atom. The standard InChI is InChI=1S/C15H19NO2/c1-11-10-16(9-8-14(11)17)12(2)15(18)13-6-4-3-5-7-13/h3-7,11-12H,8-10H2,1-2H3. The largest absolute Gasteiger partial charge is 0.299 e. The predicted octanol–water partition coefficient (Wildman–Crippen LogP) is 2.17. The van der Waals surface area contributed by atoms with Crippen LogP contribution >= 0.6 is 0 Å². The minimum absolute atomic E-state index is 0.0461. The molecule has 0 spiro atoms. The molecule has 0 radical (unpaired) electrons. The van der Waals surface area contributed by atoms with E-state index in [1.807, 2.05) is 44.2 Å². The first-order chi connectivity index (χ1) is 8.59. The Morgan fingerprint density at radius 2 is 2.00 bits per heavy atom. The molecule has 0 amide bonds. The molecule has 96 valence electrons. The number of hydrogen-bond donors (Lipinski definition) is 0. The van der Waals surface area contributed by atoms with Crippen LogP contribution in [0.5, 0.6) is 0 Å². The number of hydrogen-bond acceptors (Lipinski definition) is 3. The fourth-order valence-corrected chi connectivity index (χ4v) is 2.41. The van der Waals surface area contributed by atoms with Gasteiger partial charge in [-0.1, -0.05) is 37.3 Å². The number of carbonyl (C=O) groups is 2. The summed E-state index contributed by atoms with van der Waals surface area (Å²) in [7, 11) is 0. The third kappa shape index (κ3) is 2.67. The summed E-state index contributed by atoms with van der Waals surface area (Å²) in [5.74, 6) is 0.493. The van der Waals surface area contributed by atoms with Gasteiger partial charge in [-0.25, -0.2) is 0 Å².